The monoisotopic (exact) mass is 449 g/mol. The first-order valence-corrected chi connectivity index (χ1v) is 12.1. The summed E-state index contributed by atoms with van der Waals surface area (Å²) < 4.78 is 5.86. The van der Waals surface area contributed by atoms with Gasteiger partial charge in [-0.2, -0.15) is 0 Å². The van der Waals surface area contributed by atoms with Crippen LogP contribution in [-0.4, -0.2) is 66.5 Å². The molecule has 2 saturated heterocycles. The molecular weight excluding hydrogens is 414 g/mol. The normalized spacial score (nSPS) is 23.2. The van der Waals surface area contributed by atoms with Crippen molar-refractivity contribution in [2.24, 2.45) is 5.92 Å². The van der Waals surface area contributed by atoms with E-state index in [4.69, 9.17) is 4.74 Å². The summed E-state index contributed by atoms with van der Waals surface area (Å²) >= 11 is 0. The summed E-state index contributed by atoms with van der Waals surface area (Å²) in [6.07, 6.45) is 2.52. The van der Waals surface area contributed by atoms with Crippen molar-refractivity contribution >= 4 is 11.8 Å². The molecule has 4 rings (SSSR count). The number of likely N-dealkylation sites (tertiary alicyclic amines) is 1. The van der Waals surface area contributed by atoms with Crippen LogP contribution in [0.4, 0.5) is 0 Å². The zero-order valence-corrected chi connectivity index (χ0v) is 19.7. The third kappa shape index (κ3) is 6.21. The van der Waals surface area contributed by atoms with Crippen molar-refractivity contribution in [1.29, 1.82) is 0 Å². The van der Waals surface area contributed by atoms with Gasteiger partial charge in [0.25, 0.3) is 5.91 Å². The predicted octanol–water partition coefficient (Wildman–Crippen LogP) is 3.51. The summed E-state index contributed by atoms with van der Waals surface area (Å²) in [4.78, 5) is 30.8. The Bertz CT molecular complexity index is 903. The minimum Gasteiger partial charge on any atom is -0.373 e. The van der Waals surface area contributed by atoms with Gasteiger partial charge >= 0.3 is 0 Å². The summed E-state index contributed by atoms with van der Waals surface area (Å²) in [5.74, 6) is 0.321. The van der Waals surface area contributed by atoms with Gasteiger partial charge in [-0.1, -0.05) is 48.5 Å². The summed E-state index contributed by atoms with van der Waals surface area (Å²) in [6.45, 7) is 8.74. The maximum Gasteiger partial charge on any atom is 0.252 e. The molecule has 2 amide bonds. The van der Waals surface area contributed by atoms with Crippen molar-refractivity contribution in [2.75, 3.05) is 32.7 Å². The number of nitrogens with zero attached hydrogens (tertiary/aromatic N) is 2. The van der Waals surface area contributed by atoms with Crippen LogP contribution in [-0.2, 0) is 9.53 Å². The Kier molecular flexibility index (Phi) is 7.78. The van der Waals surface area contributed by atoms with Crippen molar-refractivity contribution in [2.45, 2.75) is 44.9 Å². The molecule has 6 heteroatoms. The van der Waals surface area contributed by atoms with E-state index in [9.17, 15) is 9.59 Å². The van der Waals surface area contributed by atoms with E-state index in [1.807, 2.05) is 53.4 Å². The fourth-order valence-electron chi connectivity index (χ4n) is 5.05. The molecule has 3 atom stereocenters. The molecule has 2 aromatic carbocycles. The summed E-state index contributed by atoms with van der Waals surface area (Å²) in [7, 11) is 0. The molecule has 2 aliphatic rings. The molecule has 2 fully saturated rings. The van der Waals surface area contributed by atoms with Crippen LogP contribution in [0.15, 0.2) is 60.7 Å². The van der Waals surface area contributed by atoms with Crippen molar-refractivity contribution in [1.82, 2.24) is 15.1 Å². The lowest BCUT2D eigenvalue weighted by atomic mass is 9.94. The van der Waals surface area contributed by atoms with Crippen LogP contribution >= 0.6 is 0 Å². The number of rotatable bonds is 6. The fraction of sp³-hybridized carbons (Fsp3) is 0.481. The molecule has 0 aromatic heterocycles. The summed E-state index contributed by atoms with van der Waals surface area (Å²) in [6, 6.07) is 17.9. The van der Waals surface area contributed by atoms with Gasteiger partial charge in [-0.3, -0.25) is 14.5 Å². The number of hydrogen-bond donors (Lipinski definition) is 1. The van der Waals surface area contributed by atoms with Crippen LogP contribution in [0.25, 0.3) is 0 Å². The molecule has 2 heterocycles. The van der Waals surface area contributed by atoms with Gasteiger partial charge in [-0.05, 0) is 50.3 Å². The van der Waals surface area contributed by atoms with E-state index in [1.165, 1.54) is 0 Å². The van der Waals surface area contributed by atoms with E-state index < -0.39 is 6.04 Å². The van der Waals surface area contributed by atoms with Gasteiger partial charge in [0.05, 0.1) is 12.2 Å². The minimum atomic E-state index is -0.684. The second-order valence-electron chi connectivity index (χ2n) is 9.43. The van der Waals surface area contributed by atoms with E-state index in [0.29, 0.717) is 11.5 Å². The minimum absolute atomic E-state index is 0.0300. The Labute approximate surface area is 196 Å². The first kappa shape index (κ1) is 23.5. The van der Waals surface area contributed by atoms with Crippen LogP contribution in [0, 0.1) is 5.92 Å². The van der Waals surface area contributed by atoms with Crippen LogP contribution in [0.3, 0.4) is 0 Å². The number of hydrogen-bond acceptors (Lipinski definition) is 4. The largest absolute Gasteiger partial charge is 0.373 e. The average Bonchev–Trinajstić information content (AvgIpc) is 2.83. The van der Waals surface area contributed by atoms with Gasteiger partial charge in [0.2, 0.25) is 5.91 Å². The Hall–Kier alpha value is -2.70. The van der Waals surface area contributed by atoms with E-state index in [0.717, 1.165) is 51.1 Å². The van der Waals surface area contributed by atoms with Crippen LogP contribution in [0.1, 0.15) is 48.7 Å². The Morgan fingerprint density at radius 2 is 1.52 bits per heavy atom. The molecule has 0 radical (unpaired) electrons. The number of carbonyl (C=O) groups excluding carboxylic acids is 2. The highest BCUT2D eigenvalue weighted by atomic mass is 16.5. The van der Waals surface area contributed by atoms with Gasteiger partial charge in [0.1, 0.15) is 6.04 Å². The van der Waals surface area contributed by atoms with Crippen LogP contribution in [0.5, 0.6) is 0 Å². The standard InChI is InChI=1S/C27H35N3O3/c1-20-17-29(18-21(2)33-20)19-22-13-15-30(16-14-22)27(32)25(23-9-5-3-6-10-23)28-26(31)24-11-7-4-8-12-24/h3-12,20-22,25H,13-19H2,1-2H3,(H,28,31). The number of carbonyl (C=O) groups is 2. The molecule has 33 heavy (non-hydrogen) atoms. The Morgan fingerprint density at radius 3 is 2.12 bits per heavy atom. The third-order valence-electron chi connectivity index (χ3n) is 6.63. The Morgan fingerprint density at radius 1 is 0.939 bits per heavy atom. The van der Waals surface area contributed by atoms with Gasteiger partial charge in [0.15, 0.2) is 0 Å². The van der Waals surface area contributed by atoms with Crippen LogP contribution < -0.4 is 5.32 Å². The fourth-order valence-corrected chi connectivity index (χ4v) is 5.05. The van der Waals surface area contributed by atoms with Gasteiger partial charge < -0.3 is 15.0 Å². The van der Waals surface area contributed by atoms with Gasteiger partial charge in [0, 0.05) is 38.3 Å². The second-order valence-corrected chi connectivity index (χ2v) is 9.43. The molecular formula is C27H35N3O3. The molecule has 0 spiro atoms. The smallest absolute Gasteiger partial charge is 0.252 e. The lowest BCUT2D eigenvalue weighted by molar-refractivity contribution is -0.135. The SMILES string of the molecule is CC1CN(CC2CCN(C(=O)C(NC(=O)c3ccccc3)c3ccccc3)CC2)CC(C)O1. The topological polar surface area (TPSA) is 61.9 Å². The number of piperidine rings is 1. The number of amides is 2. The quantitative estimate of drug-likeness (QED) is 0.733. The van der Waals surface area contributed by atoms with E-state index in [1.54, 1.807) is 12.1 Å². The van der Waals surface area contributed by atoms with E-state index in [2.05, 4.69) is 24.1 Å². The van der Waals surface area contributed by atoms with Gasteiger partial charge in [-0.15, -0.1) is 0 Å². The molecule has 0 bridgehead atoms. The number of nitrogens with one attached hydrogen (secondary N) is 1. The zero-order chi connectivity index (χ0) is 23.2. The third-order valence-corrected chi connectivity index (χ3v) is 6.63. The van der Waals surface area contributed by atoms with E-state index in [-0.39, 0.29) is 24.0 Å². The maximum absolute atomic E-state index is 13.5. The highest BCUT2D eigenvalue weighted by Crippen LogP contribution is 2.24. The number of morpholine rings is 1. The lowest BCUT2D eigenvalue weighted by Gasteiger charge is -2.40. The lowest BCUT2D eigenvalue weighted by Crippen LogP contribution is -2.50. The highest BCUT2D eigenvalue weighted by Gasteiger charge is 2.32. The Balaban J connectivity index is 1.38. The number of ether oxygens (including phenoxy) is 1. The highest BCUT2D eigenvalue weighted by molar-refractivity contribution is 5.97. The van der Waals surface area contributed by atoms with Crippen LogP contribution in [0.2, 0.25) is 0 Å². The second kappa shape index (κ2) is 10.9. The molecule has 3 unspecified atom stereocenters. The predicted molar refractivity (Wildman–Crippen MR) is 129 cm³/mol. The zero-order valence-electron chi connectivity index (χ0n) is 19.7. The summed E-state index contributed by atoms with van der Waals surface area (Å²) in [5.41, 5.74) is 1.36. The average molecular weight is 450 g/mol. The van der Waals surface area contributed by atoms with Gasteiger partial charge in [-0.25, -0.2) is 0 Å². The van der Waals surface area contributed by atoms with Crippen molar-refractivity contribution in [3.8, 4) is 0 Å². The van der Waals surface area contributed by atoms with Crippen molar-refractivity contribution in [3.63, 3.8) is 0 Å². The van der Waals surface area contributed by atoms with Crippen molar-refractivity contribution < 1.29 is 14.3 Å². The molecule has 2 aliphatic heterocycles. The molecule has 0 aliphatic carbocycles. The molecule has 0 saturated carbocycles. The summed E-state index contributed by atoms with van der Waals surface area (Å²) in [5, 5.41) is 2.98. The van der Waals surface area contributed by atoms with E-state index >= 15 is 0 Å². The molecule has 2 aromatic rings. The number of benzene rings is 2. The molecule has 1 N–H and O–H groups in total. The van der Waals surface area contributed by atoms with Crippen molar-refractivity contribution in [3.05, 3.63) is 71.8 Å². The first-order chi connectivity index (χ1) is 16.0. The molecule has 6 nitrogen and oxygen atoms in total. The maximum atomic E-state index is 13.5. The first-order valence-electron chi connectivity index (χ1n) is 12.1. The molecule has 176 valence electrons.